The van der Waals surface area contributed by atoms with Crippen LogP contribution in [0.15, 0.2) is 10.2 Å². The average Bonchev–Trinajstić information content (AvgIpc) is 2.66. The number of hydrogen-bond donors (Lipinski definition) is 0. The van der Waals surface area contributed by atoms with Gasteiger partial charge in [0.1, 0.15) is 0 Å². The molecule has 0 aliphatic heterocycles. The minimum Gasteiger partial charge on any atom is -0.0899 e. The van der Waals surface area contributed by atoms with Gasteiger partial charge >= 0.3 is 0 Å². The number of azide groups is 2. The zero-order valence-electron chi connectivity index (χ0n) is 8.20. The van der Waals surface area contributed by atoms with Gasteiger partial charge in [0.25, 0.3) is 0 Å². The number of fused-ring (bicyclic) bond motifs is 1. The van der Waals surface area contributed by atoms with Gasteiger partial charge < -0.3 is 0 Å². The molecule has 6 heteroatoms. The molecule has 0 spiro atoms. The van der Waals surface area contributed by atoms with Gasteiger partial charge in [0.05, 0.1) is 5.54 Å². The zero-order chi connectivity index (χ0) is 10.3. The third-order valence-corrected chi connectivity index (χ3v) is 3.86. The molecule has 74 valence electrons. The number of nitrogens with zero attached hydrogens (tertiary/aromatic N) is 6. The van der Waals surface area contributed by atoms with Gasteiger partial charge in [-0.25, -0.2) is 0 Å². The van der Waals surface area contributed by atoms with E-state index in [2.05, 4.69) is 27.0 Å². The fourth-order valence-corrected chi connectivity index (χ4v) is 3.05. The monoisotopic (exact) mass is 192 g/mol. The van der Waals surface area contributed by atoms with E-state index in [0.717, 1.165) is 6.42 Å². The predicted octanol–water partition coefficient (Wildman–Crippen LogP) is 3.02. The minimum atomic E-state index is -0.495. The molecule has 0 aromatic heterocycles. The van der Waals surface area contributed by atoms with Crippen LogP contribution in [0, 0.1) is 17.8 Å². The fraction of sp³-hybridized carbons (Fsp3) is 1.00. The zero-order valence-corrected chi connectivity index (χ0v) is 8.20. The first-order valence-corrected chi connectivity index (χ1v) is 4.75. The summed E-state index contributed by atoms with van der Waals surface area (Å²) in [6.45, 7) is 4.06. The number of hydrogen-bond acceptors (Lipinski definition) is 2. The van der Waals surface area contributed by atoms with Crippen molar-refractivity contribution in [1.29, 1.82) is 0 Å². The minimum absolute atomic E-state index is 0.158. The molecule has 0 bridgehead atoms. The highest BCUT2D eigenvalue weighted by molar-refractivity contribution is 5.20. The van der Waals surface area contributed by atoms with Crippen LogP contribution in [-0.2, 0) is 0 Å². The molecule has 6 nitrogen and oxygen atoms in total. The molecular weight excluding hydrogens is 180 g/mol. The van der Waals surface area contributed by atoms with Crippen LogP contribution >= 0.6 is 0 Å². The molecule has 4 unspecified atom stereocenters. The maximum absolute atomic E-state index is 8.52. The molecule has 0 aromatic rings. The Bertz CT molecular complexity index is 353. The van der Waals surface area contributed by atoms with Crippen LogP contribution in [0.3, 0.4) is 0 Å². The van der Waals surface area contributed by atoms with E-state index in [1.807, 2.05) is 6.92 Å². The summed E-state index contributed by atoms with van der Waals surface area (Å²) in [4.78, 5) is 5.69. The van der Waals surface area contributed by atoms with Crippen molar-refractivity contribution in [1.82, 2.24) is 0 Å². The van der Waals surface area contributed by atoms with Crippen LogP contribution < -0.4 is 0 Å². The molecule has 2 saturated carbocycles. The summed E-state index contributed by atoms with van der Waals surface area (Å²) in [5.74, 6) is 1.60. The molecule has 0 aromatic carbocycles. The van der Waals surface area contributed by atoms with Crippen molar-refractivity contribution < 1.29 is 0 Å². The Morgan fingerprint density at radius 3 is 2.64 bits per heavy atom. The second-order valence-corrected chi connectivity index (χ2v) is 4.42. The second kappa shape index (κ2) is 2.80. The predicted molar refractivity (Wildman–Crippen MR) is 51.2 cm³/mol. The summed E-state index contributed by atoms with van der Waals surface area (Å²) in [6, 6.07) is -0.158. The first-order valence-electron chi connectivity index (χ1n) is 4.75. The summed E-state index contributed by atoms with van der Waals surface area (Å²) < 4.78 is 0. The van der Waals surface area contributed by atoms with Gasteiger partial charge in [0, 0.05) is 15.9 Å². The molecule has 0 amide bonds. The van der Waals surface area contributed by atoms with E-state index >= 15 is 0 Å². The Morgan fingerprint density at radius 2 is 2.07 bits per heavy atom. The van der Waals surface area contributed by atoms with Crippen LogP contribution in [0.1, 0.15) is 20.3 Å². The van der Waals surface area contributed by atoms with E-state index in [9.17, 15) is 0 Å². The lowest BCUT2D eigenvalue weighted by atomic mass is 9.90. The van der Waals surface area contributed by atoms with Crippen molar-refractivity contribution in [2.75, 3.05) is 0 Å². The van der Waals surface area contributed by atoms with Crippen molar-refractivity contribution in [3.8, 4) is 0 Å². The molecule has 0 N–H and O–H groups in total. The Hall–Kier alpha value is -1.38. The highest BCUT2D eigenvalue weighted by Crippen LogP contribution is 2.64. The normalized spacial score (nSPS) is 48.7. The third-order valence-electron chi connectivity index (χ3n) is 3.86. The second-order valence-electron chi connectivity index (χ2n) is 4.42. The molecule has 2 fully saturated rings. The van der Waals surface area contributed by atoms with Gasteiger partial charge in [-0.05, 0) is 35.2 Å². The first-order chi connectivity index (χ1) is 6.65. The fourth-order valence-electron chi connectivity index (χ4n) is 3.05. The Morgan fingerprint density at radius 1 is 1.36 bits per heavy atom. The quantitative estimate of drug-likeness (QED) is 0.365. The smallest absolute Gasteiger partial charge is 0.0577 e. The lowest BCUT2D eigenvalue weighted by Crippen LogP contribution is -2.35. The molecular formula is C8H12N6. The molecule has 0 saturated heterocycles. The van der Waals surface area contributed by atoms with E-state index in [1.54, 1.807) is 0 Å². The topological polar surface area (TPSA) is 97.5 Å². The van der Waals surface area contributed by atoms with E-state index < -0.39 is 5.54 Å². The third kappa shape index (κ3) is 0.983. The maximum Gasteiger partial charge on any atom is 0.0577 e. The summed E-state index contributed by atoms with van der Waals surface area (Å²) in [5, 5.41) is 7.57. The van der Waals surface area contributed by atoms with Gasteiger partial charge in [-0.2, -0.15) is 0 Å². The number of rotatable bonds is 2. The van der Waals surface area contributed by atoms with Crippen LogP contribution in [0.4, 0.5) is 0 Å². The van der Waals surface area contributed by atoms with Gasteiger partial charge in [-0.3, -0.25) is 0 Å². The molecule has 5 atom stereocenters. The molecule has 0 heterocycles. The summed E-state index contributed by atoms with van der Waals surface area (Å²) in [7, 11) is 0. The molecule has 2 aliphatic carbocycles. The molecule has 2 aliphatic rings. The van der Waals surface area contributed by atoms with Gasteiger partial charge in [0.2, 0.25) is 0 Å². The van der Waals surface area contributed by atoms with Crippen molar-refractivity contribution in [3.05, 3.63) is 20.9 Å². The van der Waals surface area contributed by atoms with Crippen LogP contribution in [-0.4, -0.2) is 11.6 Å². The lowest BCUT2D eigenvalue weighted by molar-refractivity contribution is 0.346. The summed E-state index contributed by atoms with van der Waals surface area (Å²) in [6.07, 6.45) is 0.866. The molecule has 0 radical (unpaired) electrons. The Kier molecular flexibility index (Phi) is 1.84. The van der Waals surface area contributed by atoms with E-state index in [1.165, 1.54) is 0 Å². The average molecular weight is 192 g/mol. The van der Waals surface area contributed by atoms with Crippen molar-refractivity contribution in [3.63, 3.8) is 0 Å². The molecule has 14 heavy (non-hydrogen) atoms. The van der Waals surface area contributed by atoms with Crippen LogP contribution in [0.25, 0.3) is 20.9 Å². The Balaban J connectivity index is 2.32. The van der Waals surface area contributed by atoms with E-state index in [0.29, 0.717) is 17.8 Å². The van der Waals surface area contributed by atoms with E-state index in [4.69, 9.17) is 11.1 Å². The van der Waals surface area contributed by atoms with E-state index in [-0.39, 0.29) is 6.04 Å². The van der Waals surface area contributed by atoms with Gasteiger partial charge in [0.15, 0.2) is 0 Å². The first kappa shape index (κ1) is 9.19. The highest BCUT2D eigenvalue weighted by atomic mass is 15.3. The van der Waals surface area contributed by atoms with Gasteiger partial charge in [-0.15, -0.1) is 0 Å². The van der Waals surface area contributed by atoms with Crippen molar-refractivity contribution in [2.24, 2.45) is 28.0 Å². The Labute approximate surface area is 81.5 Å². The molecule has 2 rings (SSSR count). The summed E-state index contributed by atoms with van der Waals surface area (Å²) in [5.41, 5.74) is 16.4. The maximum atomic E-state index is 8.52. The van der Waals surface area contributed by atoms with Crippen molar-refractivity contribution >= 4 is 0 Å². The largest absolute Gasteiger partial charge is 0.0899 e. The lowest BCUT2D eigenvalue weighted by Gasteiger charge is -2.26. The standard InChI is InChI=1S/C8H12N6/c1-4-5-3-6(11-13-9)8(2,7(4)5)12-14-10/h4-7H,3H2,1-2H3/t4-,5?,6?,7?,8?/m0/s1. The van der Waals surface area contributed by atoms with Crippen molar-refractivity contribution in [2.45, 2.75) is 31.8 Å². The van der Waals surface area contributed by atoms with Crippen LogP contribution in [0.5, 0.6) is 0 Å². The highest BCUT2D eigenvalue weighted by Gasteiger charge is 2.65. The SMILES string of the molecule is C[C@H]1C2CC(N=[N+]=[N-])C(C)(N=[N+]=[N-])C21. The van der Waals surface area contributed by atoms with Gasteiger partial charge in [-0.1, -0.05) is 24.1 Å². The van der Waals surface area contributed by atoms with Crippen LogP contribution in [0.2, 0.25) is 0 Å². The summed E-state index contributed by atoms with van der Waals surface area (Å²) >= 11 is 0.